The largest absolute Gasteiger partial charge is 0.374 e. The summed E-state index contributed by atoms with van der Waals surface area (Å²) >= 11 is 5.75. The lowest BCUT2D eigenvalue weighted by molar-refractivity contribution is 0.0508. The van der Waals surface area contributed by atoms with Crippen LogP contribution in [0, 0.1) is 0 Å². The van der Waals surface area contributed by atoms with Gasteiger partial charge in [-0.05, 0) is 31.0 Å². The van der Waals surface area contributed by atoms with Crippen LogP contribution in [0.1, 0.15) is 27.2 Å². The van der Waals surface area contributed by atoms with Crippen LogP contribution in [0.5, 0.6) is 0 Å². The number of ether oxygens (including phenoxy) is 1. The molecular weight excluding hydrogens is 184 g/mol. The summed E-state index contributed by atoms with van der Waals surface area (Å²) in [5.41, 5.74) is 0.842. The molecule has 0 N–H and O–H groups in total. The first-order valence-corrected chi connectivity index (χ1v) is 4.84. The molecule has 0 aliphatic heterocycles. The van der Waals surface area contributed by atoms with Crippen LogP contribution in [-0.2, 0) is 11.3 Å². The number of hydrogen-bond acceptors (Lipinski definition) is 1. The second-order valence-corrected chi connectivity index (χ2v) is 3.46. The molecule has 0 aliphatic carbocycles. The predicted octanol–water partition coefficient (Wildman–Crippen LogP) is 3.66. The first-order valence-electron chi connectivity index (χ1n) is 5.04. The minimum atomic E-state index is -0.609. The molecule has 2 unspecified atom stereocenters. The Balaban J connectivity index is 2.60. The number of benzene rings is 1. The average molecular weight is 200 g/mol. The summed E-state index contributed by atoms with van der Waals surface area (Å²) < 4.78 is 13.2. The Hall–Kier alpha value is -0.530. The van der Waals surface area contributed by atoms with Gasteiger partial charge >= 0.3 is 0 Å². The van der Waals surface area contributed by atoms with Crippen LogP contribution in [0.2, 0.25) is 5.02 Å². The highest BCUT2D eigenvalue weighted by atomic mass is 35.5. The Morgan fingerprint density at radius 1 is 1.46 bits per heavy atom. The van der Waals surface area contributed by atoms with Gasteiger partial charge in [-0.25, -0.2) is 0 Å². The van der Waals surface area contributed by atoms with E-state index in [1.54, 1.807) is 12.1 Å². The molecule has 0 spiro atoms. The van der Waals surface area contributed by atoms with E-state index >= 15 is 0 Å². The Bertz CT molecular complexity index is 273. The van der Waals surface area contributed by atoms with Crippen molar-refractivity contribution in [2.75, 3.05) is 0 Å². The summed E-state index contributed by atoms with van der Waals surface area (Å²) in [6.45, 7) is 3.40. The topological polar surface area (TPSA) is 9.23 Å². The van der Waals surface area contributed by atoms with Gasteiger partial charge in [-0.2, -0.15) is 0 Å². The normalized spacial score (nSPS) is 16.4. The van der Waals surface area contributed by atoms with Crippen molar-refractivity contribution >= 4 is 11.6 Å². The summed E-state index contributed by atoms with van der Waals surface area (Å²) in [7, 11) is 0. The molecule has 0 fully saturated rings. The van der Waals surface area contributed by atoms with Crippen molar-refractivity contribution in [3.8, 4) is 0 Å². The summed E-state index contributed by atoms with van der Waals surface area (Å²) in [6.07, 6.45) is 1.04. The molecule has 0 saturated carbocycles. The Labute approximate surface area is 86.1 Å². The molecule has 2 heteroatoms. The van der Waals surface area contributed by atoms with Crippen LogP contribution in [0.3, 0.4) is 0 Å². The molecule has 1 aromatic carbocycles. The van der Waals surface area contributed by atoms with Gasteiger partial charge in [-0.1, -0.05) is 30.7 Å². The van der Waals surface area contributed by atoms with Crippen LogP contribution in [-0.4, -0.2) is 6.10 Å². The van der Waals surface area contributed by atoms with E-state index in [-0.39, 0.29) is 6.10 Å². The minimum Gasteiger partial charge on any atom is -0.374 e. The molecule has 0 aromatic heterocycles. The zero-order chi connectivity index (χ0) is 10.6. The molecule has 1 nitrogen and oxygen atoms in total. The van der Waals surface area contributed by atoms with E-state index in [0.717, 1.165) is 12.0 Å². The molecular formula is C11H15ClO. The summed E-state index contributed by atoms with van der Waals surface area (Å²) in [5, 5.41) is 0.685. The van der Waals surface area contributed by atoms with Gasteiger partial charge in [-0.15, -0.1) is 0 Å². The van der Waals surface area contributed by atoms with E-state index < -0.39 is 6.58 Å². The molecule has 2 atom stereocenters. The van der Waals surface area contributed by atoms with E-state index in [9.17, 15) is 0 Å². The first kappa shape index (κ1) is 9.04. The second-order valence-electron chi connectivity index (χ2n) is 3.02. The number of hydrogen-bond donors (Lipinski definition) is 0. The van der Waals surface area contributed by atoms with Gasteiger partial charge in [0.25, 0.3) is 0 Å². The van der Waals surface area contributed by atoms with Crippen LogP contribution >= 0.6 is 11.6 Å². The molecule has 0 aliphatic rings. The monoisotopic (exact) mass is 199 g/mol. The molecule has 0 heterocycles. The third kappa shape index (κ3) is 3.79. The third-order valence-corrected chi connectivity index (χ3v) is 2.13. The maximum Gasteiger partial charge on any atom is 0.0720 e. The minimum absolute atomic E-state index is 0.119. The molecule has 0 bridgehead atoms. The van der Waals surface area contributed by atoms with Gasteiger partial charge in [0.05, 0.1) is 14.1 Å². The van der Waals surface area contributed by atoms with Crippen LogP contribution in [0.25, 0.3) is 0 Å². The summed E-state index contributed by atoms with van der Waals surface area (Å²) in [4.78, 5) is 0. The van der Waals surface area contributed by atoms with Crippen LogP contribution in [0.4, 0.5) is 0 Å². The fraction of sp³-hybridized carbons (Fsp3) is 0.455. The maximum atomic E-state index is 7.75. The molecule has 1 rings (SSSR count). The fourth-order valence-corrected chi connectivity index (χ4v) is 0.958. The van der Waals surface area contributed by atoms with Gasteiger partial charge in [0.15, 0.2) is 0 Å². The van der Waals surface area contributed by atoms with Crippen molar-refractivity contribution in [2.24, 2.45) is 0 Å². The van der Waals surface area contributed by atoms with Crippen molar-refractivity contribution in [3.05, 3.63) is 34.9 Å². The highest BCUT2D eigenvalue weighted by Crippen LogP contribution is 2.11. The van der Waals surface area contributed by atoms with Crippen LogP contribution < -0.4 is 0 Å². The summed E-state index contributed by atoms with van der Waals surface area (Å²) in [5.74, 6) is 0. The van der Waals surface area contributed by atoms with Gasteiger partial charge < -0.3 is 4.74 Å². The second kappa shape index (κ2) is 5.25. The van der Waals surface area contributed by atoms with Crippen LogP contribution in [0.15, 0.2) is 24.3 Å². The predicted molar refractivity (Wildman–Crippen MR) is 56.0 cm³/mol. The summed E-state index contributed by atoms with van der Waals surface area (Å²) in [6, 6.07) is 7.20. The third-order valence-electron chi connectivity index (χ3n) is 1.88. The van der Waals surface area contributed by atoms with Gasteiger partial charge in [0.1, 0.15) is 0 Å². The number of rotatable bonds is 4. The zero-order valence-electron chi connectivity index (χ0n) is 8.96. The molecule has 1 aromatic rings. The molecule has 0 radical (unpaired) electrons. The SMILES string of the molecule is [2H]C(OC(C)CC)c1ccc(Cl)cc1. The van der Waals surface area contributed by atoms with Crippen molar-refractivity contribution in [2.45, 2.75) is 33.0 Å². The molecule has 0 saturated heterocycles. The average Bonchev–Trinajstić information content (AvgIpc) is 2.18. The quantitative estimate of drug-likeness (QED) is 0.719. The smallest absolute Gasteiger partial charge is 0.0720 e. The fourth-order valence-electron chi connectivity index (χ4n) is 0.832. The lowest BCUT2D eigenvalue weighted by atomic mass is 10.2. The zero-order valence-corrected chi connectivity index (χ0v) is 8.71. The highest BCUT2D eigenvalue weighted by molar-refractivity contribution is 6.30. The molecule has 13 heavy (non-hydrogen) atoms. The van der Waals surface area contributed by atoms with Crippen molar-refractivity contribution in [1.29, 1.82) is 0 Å². The Morgan fingerprint density at radius 3 is 2.62 bits per heavy atom. The van der Waals surface area contributed by atoms with E-state index in [0.29, 0.717) is 5.02 Å². The van der Waals surface area contributed by atoms with Gasteiger partial charge in [0.2, 0.25) is 0 Å². The van der Waals surface area contributed by atoms with E-state index in [1.165, 1.54) is 0 Å². The Morgan fingerprint density at radius 2 is 2.08 bits per heavy atom. The van der Waals surface area contributed by atoms with Crippen molar-refractivity contribution < 1.29 is 6.11 Å². The number of halogens is 1. The van der Waals surface area contributed by atoms with Gasteiger partial charge in [0, 0.05) is 5.02 Å². The lowest BCUT2D eigenvalue weighted by Crippen LogP contribution is -2.05. The van der Waals surface area contributed by atoms with Gasteiger partial charge in [-0.3, -0.25) is 0 Å². The molecule has 72 valence electrons. The van der Waals surface area contributed by atoms with Crippen molar-refractivity contribution in [3.63, 3.8) is 0 Å². The van der Waals surface area contributed by atoms with E-state index in [1.807, 2.05) is 26.0 Å². The van der Waals surface area contributed by atoms with E-state index in [2.05, 4.69) is 0 Å². The lowest BCUT2D eigenvalue weighted by Gasteiger charge is -2.10. The first-order chi connectivity index (χ1) is 6.63. The standard InChI is InChI=1S/C11H15ClO/c1-3-9(2)13-8-10-4-6-11(12)7-5-10/h4-7,9H,3,8H2,1-2H3/i8D. The van der Waals surface area contributed by atoms with E-state index in [4.69, 9.17) is 17.7 Å². The maximum absolute atomic E-state index is 7.75. The Kier molecular flexibility index (Phi) is 3.65. The molecule has 0 amide bonds. The highest BCUT2D eigenvalue weighted by Gasteiger charge is 1.98. The van der Waals surface area contributed by atoms with Crippen molar-refractivity contribution in [1.82, 2.24) is 0 Å².